The van der Waals surface area contributed by atoms with Crippen LogP contribution in [0.4, 0.5) is 0 Å². The molecule has 0 saturated heterocycles. The minimum absolute atomic E-state index is 0.00811. The maximum atomic E-state index is 12.8. The first-order valence-electron chi connectivity index (χ1n) is 9.75. The van der Waals surface area contributed by atoms with Crippen LogP contribution in [0.1, 0.15) is 40.2 Å². The van der Waals surface area contributed by atoms with E-state index in [1.165, 1.54) is 5.56 Å². The van der Waals surface area contributed by atoms with Gasteiger partial charge in [-0.05, 0) is 63.9 Å². The van der Waals surface area contributed by atoms with Crippen molar-refractivity contribution < 1.29 is 9.59 Å². The minimum atomic E-state index is -0.00811. The van der Waals surface area contributed by atoms with E-state index >= 15 is 0 Å². The van der Waals surface area contributed by atoms with Gasteiger partial charge in [0.25, 0.3) is 0 Å². The molecular formula is C22H28ClN3O2. The molecule has 1 heterocycles. The highest BCUT2D eigenvalue weighted by Gasteiger charge is 2.24. The number of halogens is 1. The predicted molar refractivity (Wildman–Crippen MR) is 112 cm³/mol. The van der Waals surface area contributed by atoms with Crippen molar-refractivity contribution in [2.45, 2.75) is 45.7 Å². The van der Waals surface area contributed by atoms with E-state index in [-0.39, 0.29) is 24.8 Å². The summed E-state index contributed by atoms with van der Waals surface area (Å²) in [6, 6.07) is 10.2. The van der Waals surface area contributed by atoms with Crippen LogP contribution < -0.4 is 5.32 Å². The number of nitrogens with zero attached hydrogens (tertiary/aromatic N) is 2. The number of rotatable bonds is 9. The third kappa shape index (κ3) is 5.46. The van der Waals surface area contributed by atoms with E-state index in [2.05, 4.69) is 9.88 Å². The number of likely N-dealkylation sites (N-methyl/N-ethyl adjacent to an activating group) is 1. The summed E-state index contributed by atoms with van der Waals surface area (Å²) in [5.74, 6) is 0.0406. The molecule has 0 spiro atoms. The van der Waals surface area contributed by atoms with Gasteiger partial charge in [0.15, 0.2) is 5.78 Å². The van der Waals surface area contributed by atoms with Gasteiger partial charge in [0.2, 0.25) is 5.91 Å². The van der Waals surface area contributed by atoms with E-state index in [0.29, 0.717) is 6.04 Å². The number of aromatic nitrogens is 1. The summed E-state index contributed by atoms with van der Waals surface area (Å²) in [7, 11) is 1.81. The lowest BCUT2D eigenvalue weighted by molar-refractivity contribution is -0.121. The number of hydrogen-bond donors (Lipinski definition) is 1. The molecule has 0 aliphatic heterocycles. The Morgan fingerprint density at radius 3 is 2.50 bits per heavy atom. The van der Waals surface area contributed by atoms with Gasteiger partial charge in [-0.2, -0.15) is 0 Å². The molecule has 0 radical (unpaired) electrons. The molecule has 1 N–H and O–H groups in total. The lowest BCUT2D eigenvalue weighted by atomic mass is 10.1. The second-order valence-electron chi connectivity index (χ2n) is 7.75. The lowest BCUT2D eigenvalue weighted by Gasteiger charge is -2.15. The van der Waals surface area contributed by atoms with Crippen LogP contribution in [0.2, 0.25) is 5.02 Å². The number of carbonyl (C=O) groups excluding carboxylic acids is 2. The van der Waals surface area contributed by atoms with Crippen LogP contribution >= 0.6 is 11.6 Å². The van der Waals surface area contributed by atoms with Crippen molar-refractivity contribution in [3.05, 3.63) is 57.9 Å². The molecular weight excluding hydrogens is 374 g/mol. The standard InChI is InChI=1S/C22H28ClN3O2/c1-15-12-20(21(27)13-25(3)14-22(28)24-19-8-9-19)16(2)26(15)11-10-17-4-6-18(23)7-5-17/h4-7,12,19H,8-11,13-14H2,1-3H3,(H,24,28). The van der Waals surface area contributed by atoms with Gasteiger partial charge in [-0.15, -0.1) is 0 Å². The fourth-order valence-electron chi connectivity index (χ4n) is 3.45. The molecule has 150 valence electrons. The second-order valence-corrected chi connectivity index (χ2v) is 8.19. The Hall–Kier alpha value is -2.11. The Labute approximate surface area is 171 Å². The molecule has 6 heteroatoms. The van der Waals surface area contributed by atoms with Gasteiger partial charge < -0.3 is 9.88 Å². The summed E-state index contributed by atoms with van der Waals surface area (Å²) >= 11 is 5.95. The van der Waals surface area contributed by atoms with Crippen LogP contribution in [-0.4, -0.2) is 47.3 Å². The van der Waals surface area contributed by atoms with E-state index in [9.17, 15) is 9.59 Å². The molecule has 1 aliphatic carbocycles. The molecule has 1 aliphatic rings. The van der Waals surface area contributed by atoms with Gasteiger partial charge in [0, 0.05) is 34.6 Å². The lowest BCUT2D eigenvalue weighted by Crippen LogP contribution is -2.38. The number of benzene rings is 1. The molecule has 1 fully saturated rings. The maximum Gasteiger partial charge on any atom is 0.234 e. The Morgan fingerprint density at radius 2 is 1.86 bits per heavy atom. The van der Waals surface area contributed by atoms with Crippen LogP contribution in [-0.2, 0) is 17.8 Å². The Balaban J connectivity index is 1.58. The summed E-state index contributed by atoms with van der Waals surface area (Å²) in [5.41, 5.74) is 4.01. The van der Waals surface area contributed by atoms with E-state index < -0.39 is 0 Å². The van der Waals surface area contributed by atoms with Gasteiger partial charge in [-0.1, -0.05) is 23.7 Å². The quantitative estimate of drug-likeness (QED) is 0.655. The Bertz CT molecular complexity index is 853. The average Bonchev–Trinajstić information content (AvgIpc) is 3.39. The van der Waals surface area contributed by atoms with Crippen molar-refractivity contribution in [1.29, 1.82) is 0 Å². The summed E-state index contributed by atoms with van der Waals surface area (Å²) in [6.07, 6.45) is 3.01. The van der Waals surface area contributed by atoms with E-state index in [1.54, 1.807) is 4.90 Å². The van der Waals surface area contributed by atoms with Crippen molar-refractivity contribution in [3.8, 4) is 0 Å². The van der Waals surface area contributed by atoms with Crippen molar-refractivity contribution in [1.82, 2.24) is 14.8 Å². The van der Waals surface area contributed by atoms with Crippen molar-refractivity contribution in [3.63, 3.8) is 0 Å². The third-order valence-corrected chi connectivity index (χ3v) is 5.43. The zero-order valence-corrected chi connectivity index (χ0v) is 17.6. The predicted octanol–water partition coefficient (Wildman–Crippen LogP) is 3.39. The molecule has 1 aromatic heterocycles. The van der Waals surface area contributed by atoms with Gasteiger partial charge in [-0.25, -0.2) is 0 Å². The number of ketones is 1. The van der Waals surface area contributed by atoms with E-state index in [4.69, 9.17) is 11.6 Å². The zero-order chi connectivity index (χ0) is 20.3. The largest absolute Gasteiger partial charge is 0.352 e. The Morgan fingerprint density at radius 1 is 1.18 bits per heavy atom. The molecule has 2 aromatic rings. The van der Waals surface area contributed by atoms with Gasteiger partial charge in [0.05, 0.1) is 13.1 Å². The number of amides is 1. The Kier molecular flexibility index (Phi) is 6.57. The molecule has 0 atom stereocenters. The van der Waals surface area contributed by atoms with Crippen LogP contribution in [0.5, 0.6) is 0 Å². The first kappa shape index (κ1) is 20.6. The molecule has 0 unspecified atom stereocenters. The summed E-state index contributed by atoms with van der Waals surface area (Å²) < 4.78 is 2.18. The fourth-order valence-corrected chi connectivity index (χ4v) is 3.58. The molecule has 28 heavy (non-hydrogen) atoms. The van der Waals surface area contributed by atoms with Crippen molar-refractivity contribution in [2.24, 2.45) is 0 Å². The highest BCUT2D eigenvalue weighted by atomic mass is 35.5. The second kappa shape index (κ2) is 8.93. The first-order chi connectivity index (χ1) is 13.3. The molecule has 5 nitrogen and oxygen atoms in total. The van der Waals surface area contributed by atoms with Crippen LogP contribution in [0.3, 0.4) is 0 Å². The maximum absolute atomic E-state index is 12.8. The van der Waals surface area contributed by atoms with Gasteiger partial charge in [0.1, 0.15) is 0 Å². The summed E-state index contributed by atoms with van der Waals surface area (Å²) in [4.78, 5) is 26.5. The molecule has 1 aromatic carbocycles. The van der Waals surface area contributed by atoms with Crippen LogP contribution in [0.25, 0.3) is 0 Å². The normalized spacial score (nSPS) is 13.8. The molecule has 3 rings (SSSR count). The third-order valence-electron chi connectivity index (χ3n) is 5.18. The minimum Gasteiger partial charge on any atom is -0.352 e. The zero-order valence-electron chi connectivity index (χ0n) is 16.8. The number of aryl methyl sites for hydroxylation is 2. The van der Waals surface area contributed by atoms with Crippen molar-refractivity contribution in [2.75, 3.05) is 20.1 Å². The monoisotopic (exact) mass is 401 g/mol. The van der Waals surface area contributed by atoms with E-state index in [0.717, 1.165) is 47.8 Å². The molecule has 1 saturated carbocycles. The van der Waals surface area contributed by atoms with Gasteiger partial charge >= 0.3 is 0 Å². The molecule has 0 bridgehead atoms. The average molecular weight is 402 g/mol. The van der Waals surface area contributed by atoms with Crippen molar-refractivity contribution >= 4 is 23.3 Å². The highest BCUT2D eigenvalue weighted by Crippen LogP contribution is 2.19. The molecule has 1 amide bonds. The fraction of sp³-hybridized carbons (Fsp3) is 0.455. The summed E-state index contributed by atoms with van der Waals surface area (Å²) in [5, 5.41) is 3.69. The summed E-state index contributed by atoms with van der Waals surface area (Å²) in [6.45, 7) is 5.31. The number of nitrogens with one attached hydrogen (secondary N) is 1. The van der Waals surface area contributed by atoms with Crippen LogP contribution in [0, 0.1) is 13.8 Å². The van der Waals surface area contributed by atoms with Crippen LogP contribution in [0.15, 0.2) is 30.3 Å². The number of carbonyl (C=O) groups is 2. The van der Waals surface area contributed by atoms with E-state index in [1.807, 2.05) is 51.2 Å². The smallest absolute Gasteiger partial charge is 0.234 e. The SMILES string of the molecule is Cc1cc(C(=O)CN(C)CC(=O)NC2CC2)c(C)n1CCc1ccc(Cl)cc1. The van der Waals surface area contributed by atoms with Gasteiger partial charge in [-0.3, -0.25) is 14.5 Å². The highest BCUT2D eigenvalue weighted by molar-refractivity contribution is 6.30. The number of hydrogen-bond acceptors (Lipinski definition) is 3. The number of Topliss-reactive ketones (excluding diaryl/α,β-unsaturated/α-hetero) is 1. The first-order valence-corrected chi connectivity index (χ1v) is 10.1. The topological polar surface area (TPSA) is 54.3 Å².